The number of hydrogen-bond acceptors (Lipinski definition) is 4. The van der Waals surface area contributed by atoms with Gasteiger partial charge in [0.1, 0.15) is 5.54 Å². The van der Waals surface area contributed by atoms with Gasteiger partial charge >= 0.3 is 0 Å². The Morgan fingerprint density at radius 2 is 1.88 bits per heavy atom. The number of amides is 2. The van der Waals surface area contributed by atoms with Gasteiger partial charge in [0.2, 0.25) is 11.8 Å². The van der Waals surface area contributed by atoms with E-state index in [0.717, 1.165) is 57.7 Å². The quantitative estimate of drug-likeness (QED) is 0.784. The highest BCUT2D eigenvalue weighted by Crippen LogP contribution is 2.38. The molecule has 0 radical (unpaired) electrons. The number of likely N-dealkylation sites (tertiary alicyclic amines) is 1. The molecule has 2 heterocycles. The molecule has 2 aliphatic heterocycles. The van der Waals surface area contributed by atoms with Crippen LogP contribution in [0.15, 0.2) is 0 Å². The molecule has 134 valence electrons. The maximum atomic E-state index is 12.6. The van der Waals surface area contributed by atoms with Crippen molar-refractivity contribution in [2.45, 2.75) is 62.5 Å². The molecular formula is C18H29N3O3. The van der Waals surface area contributed by atoms with Crippen LogP contribution in [0.3, 0.4) is 0 Å². The van der Waals surface area contributed by atoms with Gasteiger partial charge in [-0.15, -0.1) is 0 Å². The number of aliphatic hydroxyl groups is 1. The number of nitrogens with one attached hydrogen (secondary N) is 1. The molecule has 2 amide bonds. The summed E-state index contributed by atoms with van der Waals surface area (Å²) in [6.45, 7) is 3.95. The van der Waals surface area contributed by atoms with E-state index < -0.39 is 11.1 Å². The van der Waals surface area contributed by atoms with Crippen LogP contribution >= 0.6 is 0 Å². The second-order valence-electron chi connectivity index (χ2n) is 8.31. The molecule has 0 aromatic carbocycles. The SMILES string of the molecule is O=C(CC1(O)CCC1)N1CCC2(CC1)C(=O)NCCN2CC1CC1. The second kappa shape index (κ2) is 5.99. The Morgan fingerprint density at radius 1 is 1.17 bits per heavy atom. The zero-order valence-corrected chi connectivity index (χ0v) is 14.4. The van der Waals surface area contributed by atoms with Crippen LogP contribution in [0.5, 0.6) is 0 Å². The Kier molecular flexibility index (Phi) is 4.07. The predicted molar refractivity (Wildman–Crippen MR) is 89.3 cm³/mol. The molecule has 0 aromatic rings. The van der Waals surface area contributed by atoms with E-state index in [1.807, 2.05) is 4.90 Å². The van der Waals surface area contributed by atoms with Crippen molar-refractivity contribution >= 4 is 11.8 Å². The normalized spacial score (nSPS) is 29.2. The van der Waals surface area contributed by atoms with E-state index in [0.29, 0.717) is 13.1 Å². The highest BCUT2D eigenvalue weighted by molar-refractivity contribution is 5.87. The molecule has 4 fully saturated rings. The van der Waals surface area contributed by atoms with Crippen molar-refractivity contribution in [2.75, 3.05) is 32.7 Å². The summed E-state index contributed by atoms with van der Waals surface area (Å²) in [6.07, 6.45) is 6.77. The maximum Gasteiger partial charge on any atom is 0.240 e. The fourth-order valence-corrected chi connectivity index (χ4v) is 4.53. The first-order valence-corrected chi connectivity index (χ1v) is 9.54. The number of piperidine rings is 1. The minimum atomic E-state index is -0.758. The van der Waals surface area contributed by atoms with Crippen molar-refractivity contribution in [1.29, 1.82) is 0 Å². The summed E-state index contributed by atoms with van der Waals surface area (Å²) in [7, 11) is 0. The molecule has 0 atom stereocenters. The average Bonchev–Trinajstić information content (AvgIpc) is 3.35. The molecule has 6 nitrogen and oxygen atoms in total. The first-order valence-electron chi connectivity index (χ1n) is 9.54. The summed E-state index contributed by atoms with van der Waals surface area (Å²) in [5, 5.41) is 13.3. The van der Waals surface area contributed by atoms with Crippen molar-refractivity contribution in [2.24, 2.45) is 5.92 Å². The van der Waals surface area contributed by atoms with Crippen LogP contribution in [0.4, 0.5) is 0 Å². The van der Waals surface area contributed by atoms with Crippen LogP contribution < -0.4 is 5.32 Å². The van der Waals surface area contributed by atoms with Crippen LogP contribution in [-0.4, -0.2) is 70.6 Å². The van der Waals surface area contributed by atoms with E-state index in [2.05, 4.69) is 10.2 Å². The van der Waals surface area contributed by atoms with Crippen LogP contribution in [0.1, 0.15) is 51.4 Å². The molecule has 0 aromatic heterocycles. The molecule has 4 aliphatic rings. The van der Waals surface area contributed by atoms with Crippen molar-refractivity contribution in [3.63, 3.8) is 0 Å². The molecular weight excluding hydrogens is 306 g/mol. The number of carbonyl (C=O) groups excluding carboxylic acids is 2. The lowest BCUT2D eigenvalue weighted by Crippen LogP contribution is -2.68. The third kappa shape index (κ3) is 2.94. The Hall–Kier alpha value is -1.14. The average molecular weight is 335 g/mol. The van der Waals surface area contributed by atoms with Crippen molar-refractivity contribution in [3.8, 4) is 0 Å². The Morgan fingerprint density at radius 3 is 2.46 bits per heavy atom. The lowest BCUT2D eigenvalue weighted by Gasteiger charge is -2.50. The van der Waals surface area contributed by atoms with Crippen molar-refractivity contribution in [3.05, 3.63) is 0 Å². The first kappa shape index (κ1) is 16.3. The van der Waals surface area contributed by atoms with E-state index in [1.165, 1.54) is 12.8 Å². The zero-order valence-electron chi connectivity index (χ0n) is 14.4. The highest BCUT2D eigenvalue weighted by atomic mass is 16.3. The third-order valence-corrected chi connectivity index (χ3v) is 6.58. The predicted octanol–water partition coefficient (Wildman–Crippen LogP) is 0.495. The van der Waals surface area contributed by atoms with E-state index >= 15 is 0 Å². The van der Waals surface area contributed by atoms with Gasteiger partial charge in [0.25, 0.3) is 0 Å². The first-order chi connectivity index (χ1) is 11.5. The highest BCUT2D eigenvalue weighted by Gasteiger charge is 2.50. The minimum Gasteiger partial charge on any atom is -0.389 e. The van der Waals surface area contributed by atoms with E-state index in [1.54, 1.807) is 0 Å². The van der Waals surface area contributed by atoms with Gasteiger partial charge in [-0.1, -0.05) is 0 Å². The fraction of sp³-hybridized carbons (Fsp3) is 0.889. The number of carbonyl (C=O) groups is 2. The Labute approximate surface area is 143 Å². The summed E-state index contributed by atoms with van der Waals surface area (Å²) in [6, 6.07) is 0. The number of piperazine rings is 1. The van der Waals surface area contributed by atoms with Gasteiger partial charge in [-0.3, -0.25) is 14.5 Å². The smallest absolute Gasteiger partial charge is 0.240 e. The molecule has 1 spiro atoms. The van der Waals surface area contributed by atoms with Gasteiger partial charge in [0, 0.05) is 32.7 Å². The molecule has 2 saturated heterocycles. The minimum absolute atomic E-state index is 0.0528. The fourth-order valence-electron chi connectivity index (χ4n) is 4.53. The summed E-state index contributed by atoms with van der Waals surface area (Å²) < 4.78 is 0. The van der Waals surface area contributed by atoms with Crippen LogP contribution in [-0.2, 0) is 9.59 Å². The van der Waals surface area contributed by atoms with Crippen LogP contribution in [0, 0.1) is 5.92 Å². The molecule has 6 heteroatoms. The van der Waals surface area contributed by atoms with E-state index in [4.69, 9.17) is 0 Å². The zero-order chi connectivity index (χ0) is 16.8. The van der Waals surface area contributed by atoms with Crippen LogP contribution in [0.2, 0.25) is 0 Å². The number of nitrogens with zero attached hydrogens (tertiary/aromatic N) is 2. The number of rotatable bonds is 4. The molecule has 0 unspecified atom stereocenters. The Bertz CT molecular complexity index is 520. The van der Waals surface area contributed by atoms with Gasteiger partial charge in [0.15, 0.2) is 0 Å². The topological polar surface area (TPSA) is 72.9 Å². The summed E-state index contributed by atoms with van der Waals surface area (Å²) >= 11 is 0. The summed E-state index contributed by atoms with van der Waals surface area (Å²) in [4.78, 5) is 29.4. The molecule has 24 heavy (non-hydrogen) atoms. The second-order valence-corrected chi connectivity index (χ2v) is 8.31. The van der Waals surface area contributed by atoms with Gasteiger partial charge in [0.05, 0.1) is 12.0 Å². The molecule has 2 saturated carbocycles. The number of hydrogen-bond donors (Lipinski definition) is 2. The van der Waals surface area contributed by atoms with E-state index in [-0.39, 0.29) is 18.2 Å². The van der Waals surface area contributed by atoms with Gasteiger partial charge < -0.3 is 15.3 Å². The van der Waals surface area contributed by atoms with Gasteiger partial charge in [-0.25, -0.2) is 0 Å². The summed E-state index contributed by atoms with van der Waals surface area (Å²) in [5.74, 6) is 0.969. The molecule has 2 N–H and O–H groups in total. The lowest BCUT2D eigenvalue weighted by molar-refractivity contribution is -0.150. The van der Waals surface area contributed by atoms with Crippen LogP contribution in [0.25, 0.3) is 0 Å². The Balaban J connectivity index is 1.39. The van der Waals surface area contributed by atoms with Gasteiger partial charge in [-0.05, 0) is 50.9 Å². The molecule has 4 rings (SSSR count). The van der Waals surface area contributed by atoms with Gasteiger partial charge in [-0.2, -0.15) is 0 Å². The third-order valence-electron chi connectivity index (χ3n) is 6.58. The maximum absolute atomic E-state index is 12.6. The lowest BCUT2D eigenvalue weighted by atomic mass is 9.77. The van der Waals surface area contributed by atoms with Crippen molar-refractivity contribution < 1.29 is 14.7 Å². The summed E-state index contributed by atoms with van der Waals surface area (Å²) in [5.41, 5.74) is -1.17. The standard InChI is InChI=1S/C18H29N3O3/c22-15(12-17(24)4-1-5-17)20-9-6-18(7-10-20)16(23)19-8-11-21(18)13-14-2-3-14/h14,24H,1-13H2,(H,19,23). The monoisotopic (exact) mass is 335 g/mol. The van der Waals surface area contributed by atoms with Crippen molar-refractivity contribution in [1.82, 2.24) is 15.1 Å². The largest absolute Gasteiger partial charge is 0.389 e. The molecule has 0 bridgehead atoms. The molecule has 2 aliphatic carbocycles. The van der Waals surface area contributed by atoms with E-state index in [9.17, 15) is 14.7 Å².